The Kier molecular flexibility index (Phi) is 6.58. The van der Waals surface area contributed by atoms with Crippen molar-refractivity contribution in [2.45, 2.75) is 26.0 Å². The Labute approximate surface area is 200 Å². The van der Waals surface area contributed by atoms with E-state index in [4.69, 9.17) is 9.72 Å². The first-order valence-electron chi connectivity index (χ1n) is 11.9. The van der Waals surface area contributed by atoms with Gasteiger partial charge in [-0.3, -0.25) is 9.69 Å². The molecule has 1 saturated heterocycles. The molecule has 0 unspecified atom stereocenters. The molecule has 4 aromatic rings. The minimum atomic E-state index is 0.0331. The summed E-state index contributed by atoms with van der Waals surface area (Å²) in [7, 11) is 2.07. The van der Waals surface area contributed by atoms with Gasteiger partial charge in [0.25, 0.3) is 0 Å². The van der Waals surface area contributed by atoms with E-state index in [9.17, 15) is 4.79 Å². The molecule has 3 aromatic carbocycles. The highest BCUT2D eigenvalue weighted by Gasteiger charge is 2.26. The van der Waals surface area contributed by atoms with Crippen LogP contribution in [0.4, 0.5) is 5.69 Å². The number of piperidine rings is 1. The highest BCUT2D eigenvalue weighted by atomic mass is 16.5. The Morgan fingerprint density at radius 3 is 2.41 bits per heavy atom. The standard InChI is InChI=1S/C28H30N4O2/c1-31-26-10-6-5-9-25(26)30-27(31)19-32-17-15-22(16-18-32)28(33)29-23-11-13-24(14-12-23)34-20-21-7-3-2-4-8-21/h2-14,22H,15-20H2,1H3,(H,29,33). The van der Waals surface area contributed by atoms with Gasteiger partial charge in [-0.15, -0.1) is 0 Å². The molecule has 0 atom stereocenters. The number of nitrogens with zero attached hydrogens (tertiary/aromatic N) is 3. The second-order valence-corrected chi connectivity index (χ2v) is 8.91. The molecular weight excluding hydrogens is 424 g/mol. The Bertz CT molecular complexity index is 1240. The lowest BCUT2D eigenvalue weighted by atomic mass is 9.96. The van der Waals surface area contributed by atoms with Gasteiger partial charge in [0.05, 0.1) is 17.6 Å². The molecule has 6 nitrogen and oxygen atoms in total. The number of aromatic nitrogens is 2. The summed E-state index contributed by atoms with van der Waals surface area (Å²) in [6, 6.07) is 25.9. The molecular formula is C28H30N4O2. The maximum Gasteiger partial charge on any atom is 0.227 e. The van der Waals surface area contributed by atoms with Gasteiger partial charge in [0, 0.05) is 18.7 Å². The number of nitrogens with one attached hydrogen (secondary N) is 1. The molecule has 1 aliphatic rings. The zero-order valence-electron chi connectivity index (χ0n) is 19.5. The van der Waals surface area contributed by atoms with Gasteiger partial charge in [-0.1, -0.05) is 42.5 Å². The van der Waals surface area contributed by atoms with Crippen molar-refractivity contribution in [2.75, 3.05) is 18.4 Å². The average molecular weight is 455 g/mol. The number of likely N-dealkylation sites (tertiary alicyclic amines) is 1. The summed E-state index contributed by atoms with van der Waals surface area (Å²) in [6.07, 6.45) is 1.71. The van der Waals surface area contributed by atoms with Gasteiger partial charge in [0.15, 0.2) is 0 Å². The Morgan fingerprint density at radius 2 is 1.68 bits per heavy atom. The number of carbonyl (C=O) groups excluding carboxylic acids is 1. The summed E-state index contributed by atoms with van der Waals surface area (Å²) in [4.78, 5) is 20.0. The highest BCUT2D eigenvalue weighted by molar-refractivity contribution is 5.92. The molecule has 1 fully saturated rings. The van der Waals surface area contributed by atoms with E-state index in [2.05, 4.69) is 34.0 Å². The van der Waals surface area contributed by atoms with Gasteiger partial charge >= 0.3 is 0 Å². The van der Waals surface area contributed by atoms with Gasteiger partial charge in [-0.2, -0.15) is 0 Å². The number of para-hydroxylation sites is 2. The van der Waals surface area contributed by atoms with Crippen molar-refractivity contribution in [3.05, 3.63) is 90.3 Å². The number of fused-ring (bicyclic) bond motifs is 1. The summed E-state index contributed by atoms with van der Waals surface area (Å²) in [5.74, 6) is 1.99. The number of hydrogen-bond donors (Lipinski definition) is 1. The zero-order valence-corrected chi connectivity index (χ0v) is 19.5. The van der Waals surface area contributed by atoms with Crippen molar-refractivity contribution in [1.29, 1.82) is 0 Å². The van der Waals surface area contributed by atoms with E-state index in [1.165, 1.54) is 0 Å². The van der Waals surface area contributed by atoms with E-state index in [1.54, 1.807) is 0 Å². The molecule has 0 spiro atoms. The minimum absolute atomic E-state index is 0.0331. The molecule has 1 N–H and O–H groups in total. The number of aryl methyl sites for hydroxylation is 1. The van der Waals surface area contributed by atoms with Crippen molar-refractivity contribution in [3.8, 4) is 5.75 Å². The first-order chi connectivity index (χ1) is 16.7. The third kappa shape index (κ3) is 5.13. The maximum atomic E-state index is 12.8. The number of amides is 1. The van der Waals surface area contributed by atoms with Crippen LogP contribution < -0.4 is 10.1 Å². The Morgan fingerprint density at radius 1 is 0.971 bits per heavy atom. The Balaban J connectivity index is 1.10. The molecule has 174 valence electrons. The second-order valence-electron chi connectivity index (χ2n) is 8.91. The van der Waals surface area contributed by atoms with Gasteiger partial charge in [0.1, 0.15) is 18.2 Å². The van der Waals surface area contributed by atoms with Crippen LogP contribution in [0.3, 0.4) is 0 Å². The lowest BCUT2D eigenvalue weighted by molar-refractivity contribution is -0.121. The fraction of sp³-hybridized carbons (Fsp3) is 0.286. The van der Waals surface area contributed by atoms with Crippen LogP contribution in [-0.4, -0.2) is 33.4 Å². The lowest BCUT2D eigenvalue weighted by Gasteiger charge is -2.31. The van der Waals surface area contributed by atoms with E-state index >= 15 is 0 Å². The van der Waals surface area contributed by atoms with Crippen molar-refractivity contribution in [3.63, 3.8) is 0 Å². The number of rotatable bonds is 7. The molecule has 5 rings (SSSR count). The first kappa shape index (κ1) is 22.2. The third-order valence-electron chi connectivity index (χ3n) is 6.57. The number of benzene rings is 3. The molecule has 34 heavy (non-hydrogen) atoms. The van der Waals surface area contributed by atoms with Crippen LogP contribution >= 0.6 is 0 Å². The normalized spacial score (nSPS) is 14.9. The van der Waals surface area contributed by atoms with Crippen LogP contribution in [0.5, 0.6) is 5.75 Å². The molecule has 0 aliphatic carbocycles. The minimum Gasteiger partial charge on any atom is -0.489 e. The van der Waals surface area contributed by atoms with Gasteiger partial charge in [-0.05, 0) is 67.9 Å². The molecule has 0 saturated carbocycles. The van der Waals surface area contributed by atoms with Gasteiger partial charge < -0.3 is 14.6 Å². The van der Waals surface area contributed by atoms with Crippen LogP contribution in [0.25, 0.3) is 11.0 Å². The molecule has 1 amide bonds. The SMILES string of the molecule is Cn1c(CN2CCC(C(=O)Nc3ccc(OCc4ccccc4)cc3)CC2)nc2ccccc21. The van der Waals surface area contributed by atoms with Crippen LogP contribution in [0.1, 0.15) is 24.2 Å². The molecule has 2 heterocycles. The van der Waals surface area contributed by atoms with Crippen LogP contribution in [0.2, 0.25) is 0 Å². The topological polar surface area (TPSA) is 59.4 Å². The number of carbonyl (C=O) groups is 1. The number of ether oxygens (including phenoxy) is 1. The number of hydrogen-bond acceptors (Lipinski definition) is 4. The molecule has 0 radical (unpaired) electrons. The van der Waals surface area contributed by atoms with E-state index in [1.807, 2.05) is 66.7 Å². The van der Waals surface area contributed by atoms with Crippen LogP contribution in [0.15, 0.2) is 78.9 Å². The van der Waals surface area contributed by atoms with Crippen molar-refractivity contribution in [2.24, 2.45) is 13.0 Å². The fourth-order valence-electron chi connectivity index (χ4n) is 4.51. The monoisotopic (exact) mass is 454 g/mol. The molecule has 6 heteroatoms. The lowest BCUT2D eigenvalue weighted by Crippen LogP contribution is -2.38. The van der Waals surface area contributed by atoms with E-state index < -0.39 is 0 Å². The predicted molar refractivity (Wildman–Crippen MR) is 135 cm³/mol. The summed E-state index contributed by atoms with van der Waals surface area (Å²) >= 11 is 0. The van der Waals surface area contributed by atoms with Crippen molar-refractivity contribution < 1.29 is 9.53 Å². The molecule has 1 aliphatic heterocycles. The maximum absolute atomic E-state index is 12.8. The summed E-state index contributed by atoms with van der Waals surface area (Å²) in [5, 5.41) is 3.07. The zero-order chi connectivity index (χ0) is 23.3. The molecule has 1 aromatic heterocycles. The quantitative estimate of drug-likeness (QED) is 0.427. The summed E-state index contributed by atoms with van der Waals surface area (Å²) in [6.45, 7) is 3.13. The van der Waals surface area contributed by atoms with E-state index in [0.29, 0.717) is 6.61 Å². The second kappa shape index (κ2) is 10.1. The third-order valence-corrected chi connectivity index (χ3v) is 6.57. The smallest absolute Gasteiger partial charge is 0.227 e. The van der Waals surface area contributed by atoms with Crippen molar-refractivity contribution >= 4 is 22.6 Å². The fourth-order valence-corrected chi connectivity index (χ4v) is 4.51. The molecule has 0 bridgehead atoms. The van der Waals surface area contributed by atoms with Crippen LogP contribution in [0, 0.1) is 5.92 Å². The largest absolute Gasteiger partial charge is 0.489 e. The predicted octanol–water partition coefficient (Wildman–Crippen LogP) is 5.00. The highest BCUT2D eigenvalue weighted by Crippen LogP contribution is 2.23. The first-order valence-corrected chi connectivity index (χ1v) is 11.9. The van der Waals surface area contributed by atoms with Crippen molar-refractivity contribution in [1.82, 2.24) is 14.5 Å². The average Bonchev–Trinajstić information content (AvgIpc) is 3.20. The summed E-state index contributed by atoms with van der Waals surface area (Å²) in [5.41, 5.74) is 4.12. The van der Waals surface area contributed by atoms with E-state index in [0.717, 1.165) is 66.3 Å². The van der Waals surface area contributed by atoms with E-state index in [-0.39, 0.29) is 11.8 Å². The van der Waals surface area contributed by atoms with Gasteiger partial charge in [-0.25, -0.2) is 4.98 Å². The number of imidazole rings is 1. The van der Waals surface area contributed by atoms with Crippen LogP contribution in [-0.2, 0) is 25.0 Å². The van der Waals surface area contributed by atoms with Gasteiger partial charge in [0.2, 0.25) is 5.91 Å². The number of anilines is 1. The Hall–Kier alpha value is -3.64. The summed E-state index contributed by atoms with van der Waals surface area (Å²) < 4.78 is 8.00.